The first-order valence-corrected chi connectivity index (χ1v) is 2.67. The average Bonchev–Trinajstić information content (AvgIpc) is 1.83. The smallest absolute Gasteiger partial charge is 0.247 e. The maximum absolute atomic E-state index is 10.5. The second kappa shape index (κ2) is 4.29. The van der Waals surface area contributed by atoms with Crippen LogP contribution in [-0.2, 0) is 9.63 Å². The van der Waals surface area contributed by atoms with Crippen LogP contribution < -0.4 is 5.32 Å². The van der Waals surface area contributed by atoms with Gasteiger partial charge in [0.1, 0.15) is 6.61 Å². The van der Waals surface area contributed by atoms with E-state index in [9.17, 15) is 4.79 Å². The van der Waals surface area contributed by atoms with Crippen molar-refractivity contribution >= 4 is 5.91 Å². The van der Waals surface area contributed by atoms with Gasteiger partial charge in [0.05, 0.1) is 0 Å². The highest BCUT2D eigenvalue weighted by molar-refractivity contribution is 5.76. The molecule has 54 valence electrons. The summed E-state index contributed by atoms with van der Waals surface area (Å²) in [5, 5.41) is 3.91. The van der Waals surface area contributed by atoms with E-state index in [2.05, 4.69) is 5.32 Å². The first-order chi connectivity index (χ1) is 4.16. The highest BCUT2D eigenvalue weighted by atomic mass is 16.7. The van der Waals surface area contributed by atoms with Crippen LogP contribution in [-0.4, -0.2) is 38.7 Å². The van der Waals surface area contributed by atoms with E-state index in [-0.39, 0.29) is 12.5 Å². The number of amides is 1. The third-order valence-corrected chi connectivity index (χ3v) is 0.733. The third-order valence-electron chi connectivity index (χ3n) is 0.733. The zero-order valence-corrected chi connectivity index (χ0v) is 5.97. The molecule has 9 heavy (non-hydrogen) atoms. The topological polar surface area (TPSA) is 41.6 Å². The van der Waals surface area contributed by atoms with Crippen molar-refractivity contribution in [1.82, 2.24) is 10.4 Å². The minimum Gasteiger partial charge on any atom is -0.357 e. The van der Waals surface area contributed by atoms with Crippen LogP contribution >= 0.6 is 0 Å². The van der Waals surface area contributed by atoms with Gasteiger partial charge in [-0.3, -0.25) is 9.63 Å². The van der Waals surface area contributed by atoms with E-state index in [1.165, 1.54) is 5.06 Å². The summed E-state index contributed by atoms with van der Waals surface area (Å²) in [6.45, 7) is 0.0868. The molecule has 0 aliphatic heterocycles. The van der Waals surface area contributed by atoms with Gasteiger partial charge in [-0.2, -0.15) is 5.06 Å². The summed E-state index contributed by atoms with van der Waals surface area (Å²) in [4.78, 5) is 15.3. The van der Waals surface area contributed by atoms with E-state index in [1.54, 1.807) is 21.1 Å². The van der Waals surface area contributed by atoms with E-state index in [0.717, 1.165) is 0 Å². The molecule has 0 aromatic carbocycles. The zero-order valence-electron chi connectivity index (χ0n) is 5.97. The number of rotatable bonds is 3. The number of nitrogens with zero attached hydrogens (tertiary/aromatic N) is 1. The Bertz CT molecular complexity index is 93.0. The van der Waals surface area contributed by atoms with Crippen LogP contribution in [0, 0.1) is 0 Å². The molecule has 0 saturated carbocycles. The molecule has 0 saturated heterocycles. The Labute approximate surface area is 54.7 Å². The summed E-state index contributed by atoms with van der Waals surface area (Å²) in [6.07, 6.45) is 0. The Morgan fingerprint density at radius 3 is 2.56 bits per heavy atom. The fourth-order valence-electron chi connectivity index (χ4n) is 0.260. The van der Waals surface area contributed by atoms with E-state index in [0.29, 0.717) is 0 Å². The fourth-order valence-corrected chi connectivity index (χ4v) is 0.260. The van der Waals surface area contributed by atoms with Crippen molar-refractivity contribution in [3.05, 3.63) is 0 Å². The van der Waals surface area contributed by atoms with Crippen LogP contribution in [0.25, 0.3) is 0 Å². The second-order valence-corrected chi connectivity index (χ2v) is 1.76. The Balaban J connectivity index is 3.17. The van der Waals surface area contributed by atoms with Crippen LogP contribution in [0.5, 0.6) is 0 Å². The normalized spacial score (nSPS) is 9.78. The molecule has 0 aromatic rings. The van der Waals surface area contributed by atoms with Crippen molar-refractivity contribution in [1.29, 1.82) is 0 Å². The quantitative estimate of drug-likeness (QED) is 0.512. The van der Waals surface area contributed by atoms with Gasteiger partial charge in [-0.25, -0.2) is 0 Å². The lowest BCUT2D eigenvalue weighted by Gasteiger charge is -2.08. The molecule has 1 N–H and O–H groups in total. The lowest BCUT2D eigenvalue weighted by molar-refractivity contribution is -0.150. The molecular formula is C5H12N2O2. The first-order valence-electron chi connectivity index (χ1n) is 2.67. The van der Waals surface area contributed by atoms with Gasteiger partial charge in [0.25, 0.3) is 0 Å². The molecule has 0 heterocycles. The Hall–Kier alpha value is -0.610. The molecule has 0 unspecified atom stereocenters. The van der Waals surface area contributed by atoms with Crippen LogP contribution in [0.4, 0.5) is 0 Å². The van der Waals surface area contributed by atoms with Gasteiger partial charge in [-0.1, -0.05) is 0 Å². The number of nitrogens with one attached hydrogen (secondary N) is 1. The number of hydrogen-bond acceptors (Lipinski definition) is 3. The zero-order chi connectivity index (χ0) is 7.28. The number of likely N-dealkylation sites (N-methyl/N-ethyl adjacent to an activating group) is 1. The van der Waals surface area contributed by atoms with Crippen molar-refractivity contribution in [3.8, 4) is 0 Å². The van der Waals surface area contributed by atoms with Gasteiger partial charge in [0.15, 0.2) is 0 Å². The summed E-state index contributed by atoms with van der Waals surface area (Å²) in [5.74, 6) is -0.122. The van der Waals surface area contributed by atoms with Gasteiger partial charge in [0.2, 0.25) is 5.91 Å². The van der Waals surface area contributed by atoms with Gasteiger partial charge in [-0.05, 0) is 0 Å². The summed E-state index contributed by atoms with van der Waals surface area (Å²) >= 11 is 0. The van der Waals surface area contributed by atoms with Crippen LogP contribution in [0.15, 0.2) is 0 Å². The first kappa shape index (κ1) is 8.39. The SMILES string of the molecule is CNC(=O)CON(C)C. The number of carbonyl (C=O) groups is 1. The summed E-state index contributed by atoms with van der Waals surface area (Å²) in [6, 6.07) is 0. The molecule has 0 rings (SSSR count). The van der Waals surface area contributed by atoms with E-state index in [1.807, 2.05) is 0 Å². The molecule has 0 bridgehead atoms. The predicted octanol–water partition coefficient (Wildman–Crippen LogP) is -0.774. The predicted molar refractivity (Wildman–Crippen MR) is 33.7 cm³/mol. The number of carbonyl (C=O) groups excluding carboxylic acids is 1. The number of hydroxylamine groups is 2. The lowest BCUT2D eigenvalue weighted by atomic mass is 10.7. The van der Waals surface area contributed by atoms with Crippen molar-refractivity contribution in [2.75, 3.05) is 27.7 Å². The minimum atomic E-state index is -0.122. The van der Waals surface area contributed by atoms with Gasteiger partial charge in [-0.15, -0.1) is 0 Å². The molecule has 0 aliphatic carbocycles. The molecule has 0 fully saturated rings. The van der Waals surface area contributed by atoms with Crippen LogP contribution in [0.1, 0.15) is 0 Å². The molecule has 4 nitrogen and oxygen atoms in total. The fraction of sp³-hybridized carbons (Fsp3) is 0.800. The molecule has 4 heteroatoms. The van der Waals surface area contributed by atoms with Gasteiger partial charge < -0.3 is 5.32 Å². The molecule has 0 radical (unpaired) electrons. The van der Waals surface area contributed by atoms with Crippen LogP contribution in [0.2, 0.25) is 0 Å². The van der Waals surface area contributed by atoms with Crippen molar-refractivity contribution in [2.45, 2.75) is 0 Å². The maximum atomic E-state index is 10.5. The molecule has 0 aromatic heterocycles. The summed E-state index contributed by atoms with van der Waals surface area (Å²) in [5.41, 5.74) is 0. The van der Waals surface area contributed by atoms with Crippen molar-refractivity contribution in [2.24, 2.45) is 0 Å². The van der Waals surface area contributed by atoms with E-state index >= 15 is 0 Å². The lowest BCUT2D eigenvalue weighted by Crippen LogP contribution is -2.27. The Morgan fingerprint density at radius 2 is 2.22 bits per heavy atom. The maximum Gasteiger partial charge on any atom is 0.247 e. The van der Waals surface area contributed by atoms with Crippen molar-refractivity contribution < 1.29 is 9.63 Å². The standard InChI is InChI=1S/C5H12N2O2/c1-6-5(8)4-9-7(2)3/h4H2,1-3H3,(H,6,8). The Morgan fingerprint density at radius 1 is 1.67 bits per heavy atom. The Kier molecular flexibility index (Phi) is 4.00. The highest BCUT2D eigenvalue weighted by Gasteiger charge is 1.96. The summed E-state index contributed by atoms with van der Waals surface area (Å²) in [7, 11) is 5.02. The second-order valence-electron chi connectivity index (χ2n) is 1.76. The van der Waals surface area contributed by atoms with E-state index in [4.69, 9.17) is 4.84 Å². The minimum absolute atomic E-state index is 0.0868. The molecular weight excluding hydrogens is 120 g/mol. The highest BCUT2D eigenvalue weighted by Crippen LogP contribution is 1.76. The largest absolute Gasteiger partial charge is 0.357 e. The molecule has 1 amide bonds. The monoisotopic (exact) mass is 132 g/mol. The molecule has 0 atom stereocenters. The van der Waals surface area contributed by atoms with E-state index < -0.39 is 0 Å². The van der Waals surface area contributed by atoms with Gasteiger partial charge >= 0.3 is 0 Å². The molecule has 0 spiro atoms. The van der Waals surface area contributed by atoms with Crippen molar-refractivity contribution in [3.63, 3.8) is 0 Å². The molecule has 0 aliphatic rings. The summed E-state index contributed by atoms with van der Waals surface area (Å²) < 4.78 is 0. The average molecular weight is 132 g/mol. The van der Waals surface area contributed by atoms with Gasteiger partial charge in [0, 0.05) is 21.1 Å². The third kappa shape index (κ3) is 5.26. The number of hydrogen-bond donors (Lipinski definition) is 1. The van der Waals surface area contributed by atoms with Crippen LogP contribution in [0.3, 0.4) is 0 Å².